The third-order valence-corrected chi connectivity index (χ3v) is 2.59. The number of hydrogen-bond acceptors (Lipinski definition) is 5. The van der Waals surface area contributed by atoms with E-state index in [1.165, 1.54) is 0 Å². The van der Waals surface area contributed by atoms with Crippen LogP contribution in [0.15, 0.2) is 15.2 Å². The third kappa shape index (κ3) is 1.48. The summed E-state index contributed by atoms with van der Waals surface area (Å²) in [4.78, 5) is 0. The predicted molar refractivity (Wildman–Crippen MR) is 50.2 cm³/mol. The summed E-state index contributed by atoms with van der Waals surface area (Å²) in [6, 6.07) is 0. The summed E-state index contributed by atoms with van der Waals surface area (Å²) >= 11 is 1.62. The Bertz CT molecular complexity index is 407. The van der Waals surface area contributed by atoms with Gasteiger partial charge in [-0.25, -0.2) is 0 Å². The Balaban J connectivity index is 2.41. The van der Waals surface area contributed by atoms with E-state index in [0.29, 0.717) is 11.8 Å². The smallest absolute Gasteiger partial charge is 0.248 e. The SMILES string of the molecule is Cc1cscc1-c1nnc(CN)o1. The highest BCUT2D eigenvalue weighted by Gasteiger charge is 2.09. The van der Waals surface area contributed by atoms with Gasteiger partial charge in [0, 0.05) is 5.38 Å². The summed E-state index contributed by atoms with van der Waals surface area (Å²) in [7, 11) is 0. The van der Waals surface area contributed by atoms with Crippen LogP contribution in [-0.2, 0) is 6.54 Å². The number of nitrogens with zero attached hydrogens (tertiary/aromatic N) is 2. The van der Waals surface area contributed by atoms with Gasteiger partial charge in [-0.15, -0.1) is 10.2 Å². The minimum atomic E-state index is 0.288. The second-order valence-corrected chi connectivity index (χ2v) is 3.42. The highest BCUT2D eigenvalue weighted by Crippen LogP contribution is 2.25. The Kier molecular flexibility index (Phi) is 2.12. The Morgan fingerprint density at radius 2 is 2.31 bits per heavy atom. The van der Waals surface area contributed by atoms with E-state index in [0.717, 1.165) is 11.1 Å². The third-order valence-electron chi connectivity index (χ3n) is 1.73. The molecule has 2 N–H and O–H groups in total. The molecule has 2 heterocycles. The molecule has 2 aromatic heterocycles. The number of thiophene rings is 1. The zero-order valence-corrected chi connectivity index (χ0v) is 7.97. The first kappa shape index (κ1) is 8.40. The first-order valence-electron chi connectivity index (χ1n) is 3.87. The fourth-order valence-corrected chi connectivity index (χ4v) is 1.85. The van der Waals surface area contributed by atoms with Crippen molar-refractivity contribution in [3.8, 4) is 11.5 Å². The lowest BCUT2D eigenvalue weighted by Gasteiger charge is -1.89. The Morgan fingerprint density at radius 3 is 2.85 bits per heavy atom. The first-order chi connectivity index (χ1) is 6.31. The fourth-order valence-electron chi connectivity index (χ4n) is 1.02. The van der Waals surface area contributed by atoms with Crippen molar-refractivity contribution in [2.24, 2.45) is 5.73 Å². The van der Waals surface area contributed by atoms with Crippen molar-refractivity contribution >= 4 is 11.3 Å². The van der Waals surface area contributed by atoms with Crippen LogP contribution in [0.1, 0.15) is 11.5 Å². The van der Waals surface area contributed by atoms with E-state index in [4.69, 9.17) is 10.2 Å². The molecule has 0 aliphatic carbocycles. The lowest BCUT2D eigenvalue weighted by Crippen LogP contribution is -1.95. The minimum absolute atomic E-state index is 0.288. The van der Waals surface area contributed by atoms with E-state index >= 15 is 0 Å². The normalized spacial score (nSPS) is 10.6. The lowest BCUT2D eigenvalue weighted by molar-refractivity contribution is 0.508. The van der Waals surface area contributed by atoms with Gasteiger partial charge in [-0.1, -0.05) is 0 Å². The summed E-state index contributed by atoms with van der Waals surface area (Å²) in [6.07, 6.45) is 0. The Hall–Kier alpha value is -1.20. The summed E-state index contributed by atoms with van der Waals surface area (Å²) in [6.45, 7) is 2.30. The van der Waals surface area contributed by atoms with E-state index in [2.05, 4.69) is 10.2 Å². The van der Waals surface area contributed by atoms with Gasteiger partial charge >= 0.3 is 0 Å². The van der Waals surface area contributed by atoms with Crippen molar-refractivity contribution in [2.45, 2.75) is 13.5 Å². The molecule has 68 valence electrons. The number of aromatic nitrogens is 2. The molecule has 0 radical (unpaired) electrons. The maximum Gasteiger partial charge on any atom is 0.248 e. The highest BCUT2D eigenvalue weighted by molar-refractivity contribution is 7.08. The molecule has 2 aromatic rings. The first-order valence-corrected chi connectivity index (χ1v) is 4.81. The zero-order valence-electron chi connectivity index (χ0n) is 7.15. The molecule has 2 rings (SSSR count). The topological polar surface area (TPSA) is 64.9 Å². The van der Waals surface area contributed by atoms with Crippen molar-refractivity contribution in [3.05, 3.63) is 22.2 Å². The van der Waals surface area contributed by atoms with Crippen molar-refractivity contribution in [2.75, 3.05) is 0 Å². The standard InChI is InChI=1S/C8H9N3OS/c1-5-3-13-4-6(5)8-11-10-7(2-9)12-8/h3-4H,2,9H2,1H3. The summed E-state index contributed by atoms with van der Waals surface area (Å²) < 4.78 is 5.32. The second-order valence-electron chi connectivity index (χ2n) is 2.67. The van der Waals surface area contributed by atoms with Gasteiger partial charge in [0.2, 0.25) is 11.8 Å². The van der Waals surface area contributed by atoms with Gasteiger partial charge in [0.05, 0.1) is 12.1 Å². The molecule has 0 amide bonds. The molecule has 0 saturated carbocycles. The van der Waals surface area contributed by atoms with Gasteiger partial charge in [0.15, 0.2) is 0 Å². The molecule has 0 spiro atoms. The molecule has 0 bridgehead atoms. The fraction of sp³-hybridized carbons (Fsp3) is 0.250. The number of nitrogens with two attached hydrogens (primary N) is 1. The minimum Gasteiger partial charge on any atom is -0.419 e. The van der Waals surface area contributed by atoms with Gasteiger partial charge in [0.1, 0.15) is 0 Å². The van der Waals surface area contributed by atoms with Crippen LogP contribution in [0.4, 0.5) is 0 Å². The quantitative estimate of drug-likeness (QED) is 0.789. The molecule has 0 aromatic carbocycles. The molecule has 5 heteroatoms. The number of rotatable bonds is 2. The maximum atomic E-state index is 5.36. The van der Waals surface area contributed by atoms with E-state index in [9.17, 15) is 0 Å². The predicted octanol–water partition coefficient (Wildman–Crippen LogP) is 1.57. The lowest BCUT2D eigenvalue weighted by atomic mass is 10.2. The van der Waals surface area contributed by atoms with Crippen molar-refractivity contribution in [3.63, 3.8) is 0 Å². The average molecular weight is 195 g/mol. The molecule has 13 heavy (non-hydrogen) atoms. The molecule has 0 unspecified atom stereocenters. The van der Waals surface area contributed by atoms with Crippen LogP contribution in [0, 0.1) is 6.92 Å². The van der Waals surface area contributed by atoms with Crippen LogP contribution in [0.3, 0.4) is 0 Å². The highest BCUT2D eigenvalue weighted by atomic mass is 32.1. The van der Waals surface area contributed by atoms with Crippen LogP contribution in [0.5, 0.6) is 0 Å². The van der Waals surface area contributed by atoms with Crippen LogP contribution in [-0.4, -0.2) is 10.2 Å². The Morgan fingerprint density at radius 1 is 1.46 bits per heavy atom. The molecule has 0 saturated heterocycles. The van der Waals surface area contributed by atoms with E-state index in [-0.39, 0.29) is 6.54 Å². The Labute approximate surface area is 79.4 Å². The average Bonchev–Trinajstić information content (AvgIpc) is 2.71. The summed E-state index contributed by atoms with van der Waals surface area (Å²) in [5.41, 5.74) is 7.51. The summed E-state index contributed by atoms with van der Waals surface area (Å²) in [5, 5.41) is 11.7. The molecule has 0 atom stereocenters. The number of hydrogen-bond donors (Lipinski definition) is 1. The van der Waals surface area contributed by atoms with E-state index in [1.807, 2.05) is 17.7 Å². The van der Waals surface area contributed by atoms with Crippen molar-refractivity contribution in [1.29, 1.82) is 0 Å². The maximum absolute atomic E-state index is 5.36. The van der Waals surface area contributed by atoms with Crippen LogP contribution in [0.25, 0.3) is 11.5 Å². The van der Waals surface area contributed by atoms with E-state index < -0.39 is 0 Å². The van der Waals surface area contributed by atoms with Crippen LogP contribution < -0.4 is 5.73 Å². The van der Waals surface area contributed by atoms with Gasteiger partial charge in [0.25, 0.3) is 0 Å². The molecule has 4 nitrogen and oxygen atoms in total. The molecular weight excluding hydrogens is 186 g/mol. The summed E-state index contributed by atoms with van der Waals surface area (Å²) in [5.74, 6) is 1.03. The van der Waals surface area contributed by atoms with Crippen LogP contribution >= 0.6 is 11.3 Å². The molecular formula is C8H9N3OS. The number of aryl methyl sites for hydroxylation is 1. The monoisotopic (exact) mass is 195 g/mol. The molecule has 0 fully saturated rings. The van der Waals surface area contributed by atoms with Crippen LogP contribution in [0.2, 0.25) is 0 Å². The second kappa shape index (κ2) is 3.27. The van der Waals surface area contributed by atoms with Crippen molar-refractivity contribution in [1.82, 2.24) is 10.2 Å². The molecule has 0 aliphatic rings. The van der Waals surface area contributed by atoms with Crippen molar-refractivity contribution < 1.29 is 4.42 Å². The van der Waals surface area contributed by atoms with E-state index in [1.54, 1.807) is 11.3 Å². The zero-order chi connectivity index (χ0) is 9.26. The van der Waals surface area contributed by atoms with Gasteiger partial charge in [-0.2, -0.15) is 11.3 Å². The van der Waals surface area contributed by atoms with Gasteiger partial charge in [-0.05, 0) is 17.9 Å². The largest absolute Gasteiger partial charge is 0.419 e. The van der Waals surface area contributed by atoms with Gasteiger partial charge in [-0.3, -0.25) is 0 Å². The molecule has 0 aliphatic heterocycles. The van der Waals surface area contributed by atoms with Gasteiger partial charge < -0.3 is 10.2 Å².